The SMILES string of the molecule is O=C(Cn1nc(C2CC2)n2c(cc3ccsc32)c1=O)NC1CCCN(C2CCC2)C1. The van der Waals surface area contributed by atoms with Gasteiger partial charge < -0.3 is 5.32 Å². The first-order valence-corrected chi connectivity index (χ1v) is 12.1. The Hall–Kier alpha value is -2.19. The van der Waals surface area contributed by atoms with Crippen molar-refractivity contribution >= 4 is 33.0 Å². The maximum absolute atomic E-state index is 13.1. The molecule has 2 saturated carbocycles. The fraction of sp³-hybridized carbons (Fsp3) is 0.591. The van der Waals surface area contributed by atoms with E-state index in [4.69, 9.17) is 0 Å². The van der Waals surface area contributed by atoms with Crippen LogP contribution < -0.4 is 10.9 Å². The Balaban J connectivity index is 1.24. The van der Waals surface area contributed by atoms with E-state index >= 15 is 0 Å². The highest BCUT2D eigenvalue weighted by molar-refractivity contribution is 7.16. The van der Waals surface area contributed by atoms with E-state index in [1.807, 2.05) is 21.9 Å². The number of hydrogen-bond donors (Lipinski definition) is 1. The van der Waals surface area contributed by atoms with Gasteiger partial charge in [0.15, 0.2) is 0 Å². The number of piperidine rings is 1. The number of nitrogens with zero attached hydrogens (tertiary/aromatic N) is 4. The monoisotopic (exact) mass is 425 g/mol. The van der Waals surface area contributed by atoms with Gasteiger partial charge >= 0.3 is 0 Å². The van der Waals surface area contributed by atoms with Crippen molar-refractivity contribution < 1.29 is 4.79 Å². The minimum absolute atomic E-state index is 0.00614. The molecule has 3 aromatic heterocycles. The van der Waals surface area contributed by atoms with Crippen LogP contribution in [0.3, 0.4) is 0 Å². The van der Waals surface area contributed by atoms with Gasteiger partial charge in [0.1, 0.15) is 22.7 Å². The summed E-state index contributed by atoms with van der Waals surface area (Å²) >= 11 is 1.63. The van der Waals surface area contributed by atoms with Crippen molar-refractivity contribution in [2.75, 3.05) is 13.1 Å². The van der Waals surface area contributed by atoms with E-state index in [1.54, 1.807) is 11.3 Å². The molecule has 7 nitrogen and oxygen atoms in total. The molecule has 1 unspecified atom stereocenters. The van der Waals surface area contributed by atoms with Crippen LogP contribution in [0, 0.1) is 0 Å². The third-order valence-electron chi connectivity index (χ3n) is 6.96. The molecule has 0 bridgehead atoms. The minimum atomic E-state index is -0.183. The van der Waals surface area contributed by atoms with Crippen LogP contribution in [-0.2, 0) is 11.3 Å². The van der Waals surface area contributed by atoms with E-state index in [0.717, 1.165) is 54.8 Å². The number of thiophene rings is 1. The van der Waals surface area contributed by atoms with Crippen LogP contribution in [0.15, 0.2) is 22.3 Å². The van der Waals surface area contributed by atoms with Gasteiger partial charge in [0.05, 0.1) is 0 Å². The van der Waals surface area contributed by atoms with Gasteiger partial charge in [-0.1, -0.05) is 6.42 Å². The second kappa shape index (κ2) is 7.20. The molecule has 2 aliphatic carbocycles. The smallest absolute Gasteiger partial charge is 0.291 e. The molecule has 158 valence electrons. The van der Waals surface area contributed by atoms with Crippen LogP contribution in [0.1, 0.15) is 56.7 Å². The predicted molar refractivity (Wildman–Crippen MR) is 117 cm³/mol. The van der Waals surface area contributed by atoms with Crippen LogP contribution in [0.25, 0.3) is 15.7 Å². The summed E-state index contributed by atoms with van der Waals surface area (Å²) in [5.41, 5.74) is 0.452. The number of likely N-dealkylation sites (tertiary alicyclic amines) is 1. The van der Waals surface area contributed by atoms with E-state index in [-0.39, 0.29) is 24.1 Å². The molecular weight excluding hydrogens is 398 g/mol. The number of carbonyl (C=O) groups excluding carboxylic acids is 1. The van der Waals surface area contributed by atoms with Gasteiger partial charge in [-0.3, -0.25) is 18.9 Å². The summed E-state index contributed by atoms with van der Waals surface area (Å²) in [6.07, 6.45) is 8.23. The quantitative estimate of drug-likeness (QED) is 0.682. The second-order valence-electron chi connectivity index (χ2n) is 9.13. The average molecular weight is 426 g/mol. The van der Waals surface area contributed by atoms with E-state index in [0.29, 0.717) is 17.5 Å². The first kappa shape index (κ1) is 18.6. The van der Waals surface area contributed by atoms with Crippen LogP contribution in [0.5, 0.6) is 0 Å². The summed E-state index contributed by atoms with van der Waals surface area (Å²) in [5, 5.41) is 11.0. The lowest BCUT2D eigenvalue weighted by molar-refractivity contribution is -0.123. The Morgan fingerprint density at radius 1 is 1.20 bits per heavy atom. The second-order valence-corrected chi connectivity index (χ2v) is 10.0. The minimum Gasteiger partial charge on any atom is -0.350 e. The predicted octanol–water partition coefficient (Wildman–Crippen LogP) is 2.72. The third-order valence-corrected chi connectivity index (χ3v) is 7.87. The molecule has 1 N–H and O–H groups in total. The Morgan fingerprint density at radius 3 is 2.83 bits per heavy atom. The number of hydrogen-bond acceptors (Lipinski definition) is 5. The molecule has 0 spiro atoms. The van der Waals surface area contributed by atoms with Crippen molar-refractivity contribution in [2.45, 2.75) is 69.5 Å². The Bertz CT molecular complexity index is 1170. The van der Waals surface area contributed by atoms with E-state index < -0.39 is 0 Å². The molecule has 6 rings (SSSR count). The third kappa shape index (κ3) is 3.17. The number of amides is 1. The normalized spacial score (nSPS) is 23.1. The molecule has 4 heterocycles. The molecule has 3 fully saturated rings. The van der Waals surface area contributed by atoms with Gasteiger partial charge in [0.25, 0.3) is 5.56 Å². The average Bonchev–Trinajstić information content (AvgIpc) is 3.31. The van der Waals surface area contributed by atoms with E-state index in [9.17, 15) is 9.59 Å². The van der Waals surface area contributed by atoms with Crippen molar-refractivity contribution in [3.8, 4) is 0 Å². The Morgan fingerprint density at radius 2 is 2.07 bits per heavy atom. The van der Waals surface area contributed by atoms with Gasteiger partial charge in [-0.25, -0.2) is 4.68 Å². The Kier molecular flexibility index (Phi) is 4.46. The largest absolute Gasteiger partial charge is 0.350 e. The maximum Gasteiger partial charge on any atom is 0.291 e. The van der Waals surface area contributed by atoms with Crippen molar-refractivity contribution in [2.24, 2.45) is 0 Å². The number of carbonyl (C=O) groups is 1. The summed E-state index contributed by atoms with van der Waals surface area (Å²) in [5.74, 6) is 1.20. The molecule has 3 aliphatic rings. The van der Waals surface area contributed by atoms with Crippen LogP contribution in [0.4, 0.5) is 0 Å². The summed E-state index contributed by atoms with van der Waals surface area (Å²) in [6, 6.07) is 4.86. The summed E-state index contributed by atoms with van der Waals surface area (Å²) < 4.78 is 3.40. The first-order valence-electron chi connectivity index (χ1n) is 11.2. The summed E-state index contributed by atoms with van der Waals surface area (Å²) in [4.78, 5) is 29.5. The summed E-state index contributed by atoms with van der Waals surface area (Å²) in [7, 11) is 0. The van der Waals surface area contributed by atoms with E-state index in [1.165, 1.54) is 23.9 Å². The molecule has 1 aliphatic heterocycles. The zero-order valence-corrected chi connectivity index (χ0v) is 17.9. The van der Waals surface area contributed by atoms with Gasteiger partial charge in [-0.15, -0.1) is 11.3 Å². The fourth-order valence-electron chi connectivity index (χ4n) is 4.98. The molecule has 1 atom stereocenters. The van der Waals surface area contributed by atoms with Crippen LogP contribution in [0.2, 0.25) is 0 Å². The topological polar surface area (TPSA) is 71.6 Å². The molecule has 1 saturated heterocycles. The molecule has 30 heavy (non-hydrogen) atoms. The highest BCUT2D eigenvalue weighted by Crippen LogP contribution is 2.40. The maximum atomic E-state index is 13.1. The van der Waals surface area contributed by atoms with Gasteiger partial charge in [0, 0.05) is 29.9 Å². The van der Waals surface area contributed by atoms with Crippen molar-refractivity contribution in [3.05, 3.63) is 33.7 Å². The zero-order chi connectivity index (χ0) is 20.2. The van der Waals surface area contributed by atoms with Crippen molar-refractivity contribution in [1.29, 1.82) is 0 Å². The van der Waals surface area contributed by atoms with Crippen LogP contribution >= 0.6 is 11.3 Å². The van der Waals surface area contributed by atoms with Gasteiger partial charge in [-0.05, 0) is 62.6 Å². The standard InChI is InChI=1S/C22H27N5O2S/c28-19(23-16-3-2-9-25(12-16)17-4-1-5-17)13-26-21(29)18-11-15-8-10-30-22(15)27(18)20(24-26)14-6-7-14/h8,10-11,14,16-17H,1-7,9,12-13H2,(H,23,28). The molecule has 0 aromatic carbocycles. The van der Waals surface area contributed by atoms with Gasteiger partial charge in [0.2, 0.25) is 5.91 Å². The lowest BCUT2D eigenvalue weighted by Crippen LogP contribution is -2.53. The number of fused-ring (bicyclic) bond motifs is 3. The lowest BCUT2D eigenvalue weighted by atomic mass is 9.89. The molecule has 1 amide bonds. The van der Waals surface area contributed by atoms with Crippen LogP contribution in [-0.4, -0.2) is 50.2 Å². The van der Waals surface area contributed by atoms with Crippen molar-refractivity contribution in [3.63, 3.8) is 0 Å². The van der Waals surface area contributed by atoms with Crippen molar-refractivity contribution in [1.82, 2.24) is 24.4 Å². The molecular formula is C22H27N5O2S. The highest BCUT2D eigenvalue weighted by Gasteiger charge is 2.32. The number of aromatic nitrogens is 3. The molecule has 8 heteroatoms. The van der Waals surface area contributed by atoms with Gasteiger partial charge in [-0.2, -0.15) is 5.10 Å². The zero-order valence-electron chi connectivity index (χ0n) is 17.0. The lowest BCUT2D eigenvalue weighted by Gasteiger charge is -2.42. The molecule has 0 radical (unpaired) electrons. The number of nitrogens with one attached hydrogen (secondary N) is 1. The molecule has 3 aromatic rings. The summed E-state index contributed by atoms with van der Waals surface area (Å²) in [6.45, 7) is 2.07. The van der Waals surface area contributed by atoms with E-state index in [2.05, 4.69) is 15.3 Å². The fourth-order valence-corrected chi connectivity index (χ4v) is 5.89. The first-order chi connectivity index (χ1) is 14.7. The highest BCUT2D eigenvalue weighted by atomic mass is 32.1. The Labute approximate surface area is 178 Å². The number of rotatable bonds is 5.